The van der Waals surface area contributed by atoms with Gasteiger partial charge in [-0.3, -0.25) is 4.79 Å². The Hall–Kier alpha value is -1.48. The van der Waals surface area contributed by atoms with Crippen LogP contribution in [-0.2, 0) is 14.8 Å². The quantitative estimate of drug-likeness (QED) is 0.771. The van der Waals surface area contributed by atoms with Crippen LogP contribution in [-0.4, -0.2) is 59.1 Å². The third-order valence-electron chi connectivity index (χ3n) is 5.43. The number of piperidine rings is 2. The number of aromatic nitrogens is 2. The zero-order valence-corrected chi connectivity index (χ0v) is 16.4. The van der Waals surface area contributed by atoms with Crippen LogP contribution in [0, 0.1) is 0 Å². The van der Waals surface area contributed by atoms with E-state index in [0.29, 0.717) is 44.1 Å². The van der Waals surface area contributed by atoms with Gasteiger partial charge in [-0.25, -0.2) is 12.7 Å². The molecule has 1 aromatic rings. The lowest BCUT2D eigenvalue weighted by Gasteiger charge is -2.33. The first-order valence-corrected chi connectivity index (χ1v) is 11.2. The zero-order valence-electron chi connectivity index (χ0n) is 15.6. The van der Waals surface area contributed by atoms with Crippen molar-refractivity contribution in [2.75, 3.05) is 25.4 Å². The maximum absolute atomic E-state index is 12.2. The first kappa shape index (κ1) is 19.3. The highest BCUT2D eigenvalue weighted by molar-refractivity contribution is 7.89. The number of carbonyl (C=O) groups is 1. The molecule has 2 fully saturated rings. The fourth-order valence-corrected chi connectivity index (χ4v) is 4.93. The largest absolute Gasteiger partial charge is 0.423 e. The molecule has 0 aromatic carbocycles. The number of amides is 1. The Morgan fingerprint density at radius 3 is 2.42 bits per heavy atom. The minimum Gasteiger partial charge on any atom is -0.423 e. The van der Waals surface area contributed by atoms with Crippen LogP contribution in [0.15, 0.2) is 4.42 Å². The molecule has 3 rings (SSSR count). The molecule has 2 saturated heterocycles. The summed E-state index contributed by atoms with van der Waals surface area (Å²) in [6, 6.07) is -0.127. The van der Waals surface area contributed by atoms with E-state index in [1.54, 1.807) is 11.2 Å². The van der Waals surface area contributed by atoms with Crippen molar-refractivity contribution in [3.05, 3.63) is 11.8 Å². The first-order chi connectivity index (χ1) is 12.5. The summed E-state index contributed by atoms with van der Waals surface area (Å²) in [7, 11) is -3.14. The first-order valence-electron chi connectivity index (χ1n) is 9.56. The van der Waals surface area contributed by atoms with Gasteiger partial charge in [0.2, 0.25) is 27.7 Å². The van der Waals surface area contributed by atoms with Crippen molar-refractivity contribution >= 4 is 15.9 Å². The Morgan fingerprint density at radius 2 is 1.77 bits per heavy atom. The van der Waals surface area contributed by atoms with Crippen molar-refractivity contribution in [1.29, 1.82) is 0 Å². The maximum atomic E-state index is 12.2. The fourth-order valence-electron chi connectivity index (χ4n) is 3.80. The van der Waals surface area contributed by atoms with Gasteiger partial charge in [-0.2, -0.15) is 0 Å². The molecule has 2 aliphatic heterocycles. The summed E-state index contributed by atoms with van der Waals surface area (Å²) in [6.07, 6.45) is 4.74. The van der Waals surface area contributed by atoms with Gasteiger partial charge < -0.3 is 9.32 Å². The second-order valence-corrected chi connectivity index (χ2v) is 9.26. The highest BCUT2D eigenvalue weighted by Crippen LogP contribution is 2.34. The summed E-state index contributed by atoms with van der Waals surface area (Å²) in [6.45, 7) is 5.25. The van der Waals surface area contributed by atoms with Gasteiger partial charge in [0.1, 0.15) is 6.04 Å². The maximum Gasteiger partial charge on any atom is 0.238 e. The Balaban J connectivity index is 1.67. The van der Waals surface area contributed by atoms with E-state index < -0.39 is 10.0 Å². The molecule has 0 radical (unpaired) electrons. The number of likely N-dealkylation sites (tertiary alicyclic amines) is 1. The number of sulfonamides is 1. The van der Waals surface area contributed by atoms with Gasteiger partial charge in [0.15, 0.2) is 0 Å². The highest BCUT2D eigenvalue weighted by Gasteiger charge is 2.34. The summed E-state index contributed by atoms with van der Waals surface area (Å²) >= 11 is 0. The number of nitrogens with zero attached hydrogens (tertiary/aromatic N) is 4. The molecule has 0 bridgehead atoms. The molecule has 1 amide bonds. The third kappa shape index (κ3) is 3.93. The van der Waals surface area contributed by atoms with Gasteiger partial charge in [-0.15, -0.1) is 10.2 Å². The standard InChI is InChI=1S/C17H28N4O4S/c1-3-15(22)21-10-6-5-7-14(21)17-19-18-16(25-17)13-8-11-20(12-9-13)26(23,24)4-2/h13-14H,3-12H2,1-2H3. The summed E-state index contributed by atoms with van der Waals surface area (Å²) in [5, 5.41) is 8.44. The topological polar surface area (TPSA) is 96.6 Å². The van der Waals surface area contributed by atoms with Gasteiger partial charge in [-0.1, -0.05) is 6.92 Å². The van der Waals surface area contributed by atoms with Crippen LogP contribution in [0.25, 0.3) is 0 Å². The predicted octanol–water partition coefficient (Wildman–Crippen LogP) is 2.06. The Kier molecular flexibility index (Phi) is 5.96. The smallest absolute Gasteiger partial charge is 0.238 e. The average Bonchev–Trinajstić information content (AvgIpc) is 3.17. The van der Waals surface area contributed by atoms with Crippen LogP contribution < -0.4 is 0 Å². The summed E-state index contributed by atoms with van der Waals surface area (Å²) < 4.78 is 31.4. The van der Waals surface area contributed by atoms with Crippen LogP contribution in [0.2, 0.25) is 0 Å². The van der Waals surface area contributed by atoms with E-state index in [1.165, 1.54) is 0 Å². The predicted molar refractivity (Wildman–Crippen MR) is 95.9 cm³/mol. The molecule has 0 saturated carbocycles. The van der Waals surface area contributed by atoms with Crippen LogP contribution >= 0.6 is 0 Å². The molecular formula is C17H28N4O4S. The molecule has 146 valence electrons. The minimum atomic E-state index is -3.14. The Bertz CT molecular complexity index is 725. The van der Waals surface area contributed by atoms with E-state index in [4.69, 9.17) is 4.42 Å². The third-order valence-corrected chi connectivity index (χ3v) is 7.31. The van der Waals surface area contributed by atoms with Gasteiger partial charge in [-0.05, 0) is 39.0 Å². The van der Waals surface area contributed by atoms with E-state index in [0.717, 1.165) is 25.8 Å². The van der Waals surface area contributed by atoms with E-state index in [9.17, 15) is 13.2 Å². The molecule has 8 nitrogen and oxygen atoms in total. The SMILES string of the molecule is CCC(=O)N1CCCCC1c1nnc(C2CCN(S(=O)(=O)CC)CC2)o1. The normalized spacial score (nSPS) is 23.3. The van der Waals surface area contributed by atoms with Crippen molar-refractivity contribution < 1.29 is 17.6 Å². The van der Waals surface area contributed by atoms with Gasteiger partial charge in [0, 0.05) is 32.0 Å². The number of hydrogen-bond donors (Lipinski definition) is 0. The van der Waals surface area contributed by atoms with Crippen molar-refractivity contribution in [2.24, 2.45) is 0 Å². The molecule has 0 aliphatic carbocycles. The van der Waals surface area contributed by atoms with Crippen LogP contribution in [0.1, 0.15) is 76.1 Å². The number of rotatable bonds is 5. The molecule has 0 spiro atoms. The second-order valence-electron chi connectivity index (χ2n) is 7.00. The molecule has 1 unspecified atom stereocenters. The van der Waals surface area contributed by atoms with Crippen molar-refractivity contribution in [1.82, 2.24) is 19.4 Å². The number of carbonyl (C=O) groups excluding carboxylic acids is 1. The molecular weight excluding hydrogens is 356 g/mol. The van der Waals surface area contributed by atoms with E-state index in [2.05, 4.69) is 10.2 Å². The van der Waals surface area contributed by atoms with E-state index in [-0.39, 0.29) is 23.6 Å². The molecule has 3 heterocycles. The van der Waals surface area contributed by atoms with Gasteiger partial charge >= 0.3 is 0 Å². The molecule has 0 N–H and O–H groups in total. The minimum absolute atomic E-state index is 0.0819. The molecule has 9 heteroatoms. The van der Waals surface area contributed by atoms with E-state index >= 15 is 0 Å². The fraction of sp³-hybridized carbons (Fsp3) is 0.824. The monoisotopic (exact) mass is 384 g/mol. The van der Waals surface area contributed by atoms with Crippen LogP contribution in [0.5, 0.6) is 0 Å². The van der Waals surface area contributed by atoms with Crippen molar-refractivity contribution in [3.63, 3.8) is 0 Å². The zero-order chi connectivity index (χ0) is 18.7. The summed E-state index contributed by atoms with van der Waals surface area (Å²) in [4.78, 5) is 14.0. The van der Waals surface area contributed by atoms with E-state index in [1.807, 2.05) is 11.8 Å². The number of hydrogen-bond acceptors (Lipinski definition) is 6. The van der Waals surface area contributed by atoms with Gasteiger partial charge in [0.25, 0.3) is 0 Å². The van der Waals surface area contributed by atoms with Crippen molar-refractivity contribution in [3.8, 4) is 0 Å². The Morgan fingerprint density at radius 1 is 1.08 bits per heavy atom. The summed E-state index contributed by atoms with van der Waals surface area (Å²) in [5.74, 6) is 1.42. The lowest BCUT2D eigenvalue weighted by atomic mass is 9.98. The lowest BCUT2D eigenvalue weighted by molar-refractivity contribution is -0.135. The Labute approximate surface area is 155 Å². The van der Waals surface area contributed by atoms with Crippen LogP contribution in [0.4, 0.5) is 0 Å². The average molecular weight is 385 g/mol. The van der Waals surface area contributed by atoms with Gasteiger partial charge in [0.05, 0.1) is 5.75 Å². The lowest BCUT2D eigenvalue weighted by Crippen LogP contribution is -2.38. The molecule has 2 aliphatic rings. The molecule has 1 atom stereocenters. The molecule has 1 aromatic heterocycles. The highest BCUT2D eigenvalue weighted by atomic mass is 32.2. The van der Waals surface area contributed by atoms with Crippen LogP contribution in [0.3, 0.4) is 0 Å². The molecule has 26 heavy (non-hydrogen) atoms. The summed E-state index contributed by atoms with van der Waals surface area (Å²) in [5.41, 5.74) is 0. The second kappa shape index (κ2) is 8.04. The van der Waals surface area contributed by atoms with Crippen molar-refractivity contribution in [2.45, 2.75) is 64.3 Å².